The highest BCUT2D eigenvalue weighted by molar-refractivity contribution is 5.95. The Morgan fingerprint density at radius 1 is 1.37 bits per heavy atom. The molecule has 1 aliphatic carbocycles. The van der Waals surface area contributed by atoms with Crippen LogP contribution in [0.1, 0.15) is 27.9 Å². The summed E-state index contributed by atoms with van der Waals surface area (Å²) in [6.07, 6.45) is 4.80. The van der Waals surface area contributed by atoms with Gasteiger partial charge in [-0.3, -0.25) is 9.89 Å². The summed E-state index contributed by atoms with van der Waals surface area (Å²) in [5, 5.41) is 7.22. The Labute approximate surface area is 110 Å². The van der Waals surface area contributed by atoms with Crippen LogP contribution in [0.3, 0.4) is 0 Å². The van der Waals surface area contributed by atoms with E-state index in [2.05, 4.69) is 10.2 Å². The van der Waals surface area contributed by atoms with Crippen LogP contribution in [0.2, 0.25) is 0 Å². The van der Waals surface area contributed by atoms with E-state index in [4.69, 9.17) is 10.5 Å². The molecule has 0 fully saturated rings. The molecule has 0 bridgehead atoms. The fourth-order valence-electron chi connectivity index (χ4n) is 2.63. The molecule has 1 aromatic heterocycles. The number of primary amides is 1. The van der Waals surface area contributed by atoms with Gasteiger partial charge in [-0.15, -0.1) is 0 Å². The van der Waals surface area contributed by atoms with E-state index in [-0.39, 0.29) is 0 Å². The fourth-order valence-corrected chi connectivity index (χ4v) is 2.63. The summed E-state index contributed by atoms with van der Waals surface area (Å²) >= 11 is 0. The van der Waals surface area contributed by atoms with Crippen LogP contribution in [-0.2, 0) is 12.8 Å². The maximum Gasteiger partial charge on any atom is 0.248 e. The van der Waals surface area contributed by atoms with Crippen molar-refractivity contribution in [2.24, 2.45) is 5.73 Å². The molecule has 5 nitrogen and oxygen atoms in total. The number of carbonyl (C=O) groups is 1. The average molecular weight is 257 g/mol. The summed E-state index contributed by atoms with van der Waals surface area (Å²) in [5.74, 6) is 0.217. The Bertz CT molecular complexity index is 646. The van der Waals surface area contributed by atoms with E-state index in [1.807, 2.05) is 12.3 Å². The number of nitrogens with zero attached hydrogens (tertiary/aromatic N) is 1. The third kappa shape index (κ3) is 1.87. The first-order valence-corrected chi connectivity index (χ1v) is 6.24. The zero-order chi connectivity index (χ0) is 13.4. The van der Waals surface area contributed by atoms with E-state index >= 15 is 0 Å². The van der Waals surface area contributed by atoms with Gasteiger partial charge >= 0.3 is 0 Å². The van der Waals surface area contributed by atoms with Crippen molar-refractivity contribution < 1.29 is 9.53 Å². The summed E-state index contributed by atoms with van der Waals surface area (Å²) in [4.78, 5) is 11.4. The molecule has 3 rings (SSSR count). The van der Waals surface area contributed by atoms with Crippen molar-refractivity contribution in [3.05, 3.63) is 35.0 Å². The first-order valence-electron chi connectivity index (χ1n) is 6.24. The summed E-state index contributed by atoms with van der Waals surface area (Å²) in [6.45, 7) is 0. The second-order valence-electron chi connectivity index (χ2n) is 4.69. The Morgan fingerprint density at radius 3 is 2.89 bits per heavy atom. The largest absolute Gasteiger partial charge is 0.496 e. The van der Waals surface area contributed by atoms with E-state index in [9.17, 15) is 4.79 Å². The van der Waals surface area contributed by atoms with Crippen LogP contribution in [0.25, 0.3) is 11.3 Å². The lowest BCUT2D eigenvalue weighted by atomic mass is 9.98. The molecule has 1 aromatic carbocycles. The predicted molar refractivity (Wildman–Crippen MR) is 71.1 cm³/mol. The smallest absolute Gasteiger partial charge is 0.248 e. The number of H-pyrrole nitrogens is 1. The van der Waals surface area contributed by atoms with Crippen molar-refractivity contribution in [2.45, 2.75) is 19.3 Å². The number of carbonyl (C=O) groups excluding carboxylic acids is 1. The molecule has 0 unspecified atom stereocenters. The number of nitrogens with one attached hydrogen (secondary N) is 1. The molecule has 19 heavy (non-hydrogen) atoms. The van der Waals surface area contributed by atoms with Gasteiger partial charge < -0.3 is 10.5 Å². The number of nitrogens with two attached hydrogens (primary N) is 1. The second-order valence-corrected chi connectivity index (χ2v) is 4.69. The fraction of sp³-hybridized carbons (Fsp3) is 0.286. The van der Waals surface area contributed by atoms with Gasteiger partial charge in [0.1, 0.15) is 5.75 Å². The van der Waals surface area contributed by atoms with E-state index in [1.54, 1.807) is 13.2 Å². The summed E-state index contributed by atoms with van der Waals surface area (Å²) in [5.41, 5.74) is 9.99. The van der Waals surface area contributed by atoms with Crippen LogP contribution in [0.4, 0.5) is 0 Å². The van der Waals surface area contributed by atoms with Gasteiger partial charge in [0.25, 0.3) is 0 Å². The van der Waals surface area contributed by atoms with Gasteiger partial charge in [0.2, 0.25) is 5.91 Å². The number of hydrogen-bond acceptors (Lipinski definition) is 3. The average Bonchev–Trinajstić information content (AvgIpc) is 2.79. The lowest BCUT2D eigenvalue weighted by Crippen LogP contribution is -2.12. The molecule has 0 radical (unpaired) electrons. The zero-order valence-electron chi connectivity index (χ0n) is 10.7. The Kier molecular flexibility index (Phi) is 2.74. The Morgan fingerprint density at radius 2 is 2.16 bits per heavy atom. The standard InChI is InChI=1S/C14H15N3O2/c1-19-11-6-10(14(15)18)5-8-3-2-4-9-7-16-17-13(9)12(8)11/h5-7H,2-4H2,1H3,(H2,15,18)(H,16,17). The zero-order valence-corrected chi connectivity index (χ0v) is 10.7. The van der Waals surface area contributed by atoms with Crippen LogP contribution in [0.15, 0.2) is 18.3 Å². The van der Waals surface area contributed by atoms with Crippen molar-refractivity contribution in [1.82, 2.24) is 10.2 Å². The molecule has 1 aliphatic rings. The highest BCUT2D eigenvalue weighted by Crippen LogP contribution is 2.38. The minimum Gasteiger partial charge on any atom is -0.496 e. The van der Waals surface area contributed by atoms with Gasteiger partial charge in [-0.1, -0.05) is 0 Å². The van der Waals surface area contributed by atoms with Crippen LogP contribution in [0.5, 0.6) is 5.75 Å². The number of fused-ring (bicyclic) bond motifs is 3. The summed E-state index contributed by atoms with van der Waals surface area (Å²) < 4.78 is 5.42. The van der Waals surface area contributed by atoms with Crippen LogP contribution < -0.4 is 10.5 Å². The number of benzene rings is 1. The maximum absolute atomic E-state index is 11.4. The normalized spacial score (nSPS) is 13.3. The number of hydrogen-bond donors (Lipinski definition) is 2. The topological polar surface area (TPSA) is 81.0 Å². The van der Waals surface area contributed by atoms with E-state index in [0.717, 1.165) is 36.1 Å². The molecule has 3 N–H and O–H groups in total. The first-order chi connectivity index (χ1) is 9.20. The van der Waals surface area contributed by atoms with Crippen molar-refractivity contribution in [3.8, 4) is 17.0 Å². The highest BCUT2D eigenvalue weighted by Gasteiger charge is 2.22. The van der Waals surface area contributed by atoms with Gasteiger partial charge in [-0.05, 0) is 42.5 Å². The third-order valence-corrected chi connectivity index (χ3v) is 3.54. The minimum atomic E-state index is -0.437. The monoisotopic (exact) mass is 257 g/mol. The summed E-state index contributed by atoms with van der Waals surface area (Å²) in [6, 6.07) is 3.54. The predicted octanol–water partition coefficient (Wildman–Crippen LogP) is 1.67. The van der Waals surface area contributed by atoms with E-state index in [0.29, 0.717) is 11.3 Å². The van der Waals surface area contributed by atoms with Crippen molar-refractivity contribution in [3.63, 3.8) is 0 Å². The van der Waals surface area contributed by atoms with Gasteiger partial charge in [0.15, 0.2) is 0 Å². The van der Waals surface area contributed by atoms with Crippen LogP contribution >= 0.6 is 0 Å². The number of methoxy groups -OCH3 is 1. The quantitative estimate of drug-likeness (QED) is 0.858. The molecule has 2 aromatic rings. The number of aryl methyl sites for hydroxylation is 2. The first kappa shape index (κ1) is 11.8. The van der Waals surface area contributed by atoms with Gasteiger partial charge in [-0.25, -0.2) is 0 Å². The maximum atomic E-state index is 11.4. The van der Waals surface area contributed by atoms with Crippen molar-refractivity contribution in [1.29, 1.82) is 0 Å². The van der Waals surface area contributed by atoms with Gasteiger partial charge in [0, 0.05) is 17.3 Å². The SMILES string of the molecule is COc1cc(C(N)=O)cc2c1-c1n[nH]cc1CCC2. The van der Waals surface area contributed by atoms with Crippen LogP contribution in [-0.4, -0.2) is 23.2 Å². The van der Waals surface area contributed by atoms with Gasteiger partial charge in [-0.2, -0.15) is 5.10 Å². The number of amides is 1. The molecule has 0 aliphatic heterocycles. The van der Waals surface area contributed by atoms with Crippen molar-refractivity contribution in [2.75, 3.05) is 7.11 Å². The summed E-state index contributed by atoms with van der Waals surface area (Å²) in [7, 11) is 1.59. The molecule has 5 heteroatoms. The number of aromatic nitrogens is 2. The molecule has 0 saturated heterocycles. The Hall–Kier alpha value is -2.30. The Balaban J connectivity index is 2.28. The molecule has 1 heterocycles. The van der Waals surface area contributed by atoms with E-state index in [1.165, 1.54) is 5.56 Å². The molecule has 0 atom stereocenters. The molecule has 1 amide bonds. The second kappa shape index (κ2) is 4.42. The lowest BCUT2D eigenvalue weighted by molar-refractivity contribution is 0.1000. The lowest BCUT2D eigenvalue weighted by Gasteiger charge is -2.12. The number of rotatable bonds is 2. The van der Waals surface area contributed by atoms with E-state index < -0.39 is 5.91 Å². The van der Waals surface area contributed by atoms with Crippen molar-refractivity contribution >= 4 is 5.91 Å². The van der Waals surface area contributed by atoms with Gasteiger partial charge in [0.05, 0.1) is 12.8 Å². The third-order valence-electron chi connectivity index (χ3n) is 3.54. The number of aromatic amines is 1. The minimum absolute atomic E-state index is 0.437. The molecular weight excluding hydrogens is 242 g/mol. The highest BCUT2D eigenvalue weighted by atomic mass is 16.5. The van der Waals surface area contributed by atoms with Crippen LogP contribution in [0, 0.1) is 0 Å². The molecule has 0 spiro atoms. The molecule has 98 valence electrons. The number of ether oxygens (including phenoxy) is 1. The molecule has 0 saturated carbocycles. The molecular formula is C14H15N3O2.